The van der Waals surface area contributed by atoms with Gasteiger partial charge in [-0.05, 0) is 25.2 Å². The molecule has 0 aromatic carbocycles. The molecule has 1 aliphatic carbocycles. The first kappa shape index (κ1) is 13.1. The molecule has 0 aromatic heterocycles. The summed E-state index contributed by atoms with van der Waals surface area (Å²) in [5, 5.41) is 12.8. The number of aliphatic hydroxyl groups is 1. The molecule has 3 heteroatoms. The maximum atomic E-state index is 9.05. The van der Waals surface area contributed by atoms with Crippen LogP contribution in [0.25, 0.3) is 0 Å². The van der Waals surface area contributed by atoms with Crippen LogP contribution >= 0.6 is 0 Å². The maximum Gasteiger partial charge on any atom is 0.0558 e. The molecule has 3 atom stereocenters. The molecule has 2 rings (SSSR count). The Bertz CT molecular complexity index is 230. The van der Waals surface area contributed by atoms with Crippen molar-refractivity contribution in [3.8, 4) is 0 Å². The second-order valence-electron chi connectivity index (χ2n) is 5.52. The summed E-state index contributed by atoms with van der Waals surface area (Å²) in [7, 11) is 0. The van der Waals surface area contributed by atoms with Crippen molar-refractivity contribution in [2.75, 3.05) is 26.2 Å². The van der Waals surface area contributed by atoms with Crippen LogP contribution in [0.15, 0.2) is 12.7 Å². The Morgan fingerprint density at radius 1 is 1.35 bits per heavy atom. The van der Waals surface area contributed by atoms with Crippen LogP contribution < -0.4 is 5.32 Å². The highest BCUT2D eigenvalue weighted by molar-refractivity contribution is 4.94. The molecular formula is C14H26N2O. The number of nitrogens with one attached hydrogen (secondary N) is 1. The van der Waals surface area contributed by atoms with Crippen molar-refractivity contribution in [1.82, 2.24) is 10.2 Å². The molecule has 17 heavy (non-hydrogen) atoms. The third-order valence-corrected chi connectivity index (χ3v) is 4.23. The third kappa shape index (κ3) is 3.54. The van der Waals surface area contributed by atoms with E-state index in [0.29, 0.717) is 6.04 Å². The molecule has 1 saturated heterocycles. The first-order valence-electron chi connectivity index (χ1n) is 7.03. The zero-order chi connectivity index (χ0) is 12.1. The van der Waals surface area contributed by atoms with Gasteiger partial charge >= 0.3 is 0 Å². The van der Waals surface area contributed by atoms with E-state index >= 15 is 0 Å². The van der Waals surface area contributed by atoms with Gasteiger partial charge in [-0.2, -0.15) is 0 Å². The van der Waals surface area contributed by atoms with E-state index < -0.39 is 0 Å². The van der Waals surface area contributed by atoms with Gasteiger partial charge in [0, 0.05) is 31.7 Å². The molecule has 0 bridgehead atoms. The minimum absolute atomic E-state index is 0.243. The molecule has 2 fully saturated rings. The van der Waals surface area contributed by atoms with Gasteiger partial charge in [0.2, 0.25) is 0 Å². The van der Waals surface area contributed by atoms with Crippen LogP contribution in [0.4, 0.5) is 0 Å². The number of aliphatic hydroxyl groups excluding tert-OH is 1. The first-order valence-corrected chi connectivity index (χ1v) is 7.03. The molecule has 3 nitrogen and oxygen atoms in total. The van der Waals surface area contributed by atoms with Crippen molar-refractivity contribution in [2.24, 2.45) is 5.92 Å². The number of nitrogens with zero attached hydrogens (tertiary/aromatic N) is 1. The second-order valence-corrected chi connectivity index (χ2v) is 5.52. The van der Waals surface area contributed by atoms with Crippen molar-refractivity contribution in [3.05, 3.63) is 12.7 Å². The van der Waals surface area contributed by atoms with Gasteiger partial charge in [0.15, 0.2) is 0 Å². The van der Waals surface area contributed by atoms with Crippen molar-refractivity contribution < 1.29 is 5.11 Å². The van der Waals surface area contributed by atoms with Crippen LogP contribution in [0.5, 0.6) is 0 Å². The monoisotopic (exact) mass is 238 g/mol. The van der Waals surface area contributed by atoms with E-state index in [4.69, 9.17) is 5.11 Å². The molecule has 0 radical (unpaired) electrons. The second kappa shape index (κ2) is 6.53. The summed E-state index contributed by atoms with van der Waals surface area (Å²) in [6, 6.07) is 1.39. The lowest BCUT2D eigenvalue weighted by atomic mass is 9.85. The molecule has 2 aliphatic rings. The van der Waals surface area contributed by atoms with Gasteiger partial charge in [0.25, 0.3) is 0 Å². The highest BCUT2D eigenvalue weighted by Crippen LogP contribution is 2.33. The zero-order valence-corrected chi connectivity index (χ0v) is 10.8. The van der Waals surface area contributed by atoms with E-state index in [2.05, 4.69) is 16.8 Å². The van der Waals surface area contributed by atoms with Gasteiger partial charge in [-0.25, -0.2) is 0 Å². The lowest BCUT2D eigenvalue weighted by molar-refractivity contribution is 0.196. The Morgan fingerprint density at radius 2 is 2.18 bits per heavy atom. The van der Waals surface area contributed by atoms with Gasteiger partial charge in [-0.1, -0.05) is 18.9 Å². The smallest absolute Gasteiger partial charge is 0.0558 e. The van der Waals surface area contributed by atoms with Crippen LogP contribution in [0, 0.1) is 5.92 Å². The Kier molecular flexibility index (Phi) is 5.01. The van der Waals surface area contributed by atoms with E-state index in [1.54, 1.807) is 0 Å². The molecule has 98 valence electrons. The molecule has 0 aromatic rings. The summed E-state index contributed by atoms with van der Waals surface area (Å²) in [4.78, 5) is 2.29. The predicted molar refractivity (Wildman–Crippen MR) is 71.0 cm³/mol. The fourth-order valence-corrected chi connectivity index (χ4v) is 3.47. The molecule has 1 heterocycles. The number of hydrogen-bond donors (Lipinski definition) is 2. The number of fused-ring (bicyclic) bond motifs is 1. The lowest BCUT2D eigenvalue weighted by Crippen LogP contribution is -2.41. The molecule has 0 amide bonds. The van der Waals surface area contributed by atoms with Crippen molar-refractivity contribution in [2.45, 2.75) is 44.2 Å². The first-order chi connectivity index (χ1) is 8.33. The Labute approximate surface area is 105 Å². The van der Waals surface area contributed by atoms with E-state index in [-0.39, 0.29) is 6.61 Å². The number of rotatable bonds is 6. The van der Waals surface area contributed by atoms with Gasteiger partial charge in [0.05, 0.1) is 6.61 Å². The molecule has 3 unspecified atom stereocenters. The highest BCUT2D eigenvalue weighted by atomic mass is 16.3. The fraction of sp³-hybridized carbons (Fsp3) is 0.857. The van der Waals surface area contributed by atoms with E-state index in [1.165, 1.54) is 32.1 Å². The van der Waals surface area contributed by atoms with Gasteiger partial charge in [-0.15, -0.1) is 6.58 Å². The van der Waals surface area contributed by atoms with Crippen LogP contribution in [0.2, 0.25) is 0 Å². The largest absolute Gasteiger partial charge is 0.395 e. The summed E-state index contributed by atoms with van der Waals surface area (Å²) >= 11 is 0. The standard InChI is InChI=1S/C14H26N2O/c1-2-7-16(8-9-17)11-13-10-12-5-3-4-6-14(12)15-13/h2,12-15,17H,1,3-11H2. The molecule has 1 aliphatic heterocycles. The minimum Gasteiger partial charge on any atom is -0.395 e. The summed E-state index contributed by atoms with van der Waals surface area (Å²) in [5.74, 6) is 0.911. The average Bonchev–Trinajstić information content (AvgIpc) is 2.71. The van der Waals surface area contributed by atoms with Gasteiger partial charge < -0.3 is 10.4 Å². The van der Waals surface area contributed by atoms with Crippen molar-refractivity contribution in [1.29, 1.82) is 0 Å². The number of hydrogen-bond acceptors (Lipinski definition) is 3. The maximum absolute atomic E-state index is 9.05. The van der Waals surface area contributed by atoms with Crippen molar-refractivity contribution in [3.63, 3.8) is 0 Å². The normalized spacial score (nSPS) is 32.7. The highest BCUT2D eigenvalue weighted by Gasteiger charge is 2.35. The Morgan fingerprint density at radius 3 is 2.88 bits per heavy atom. The molecular weight excluding hydrogens is 212 g/mol. The van der Waals surface area contributed by atoms with Crippen LogP contribution in [-0.2, 0) is 0 Å². The Balaban J connectivity index is 1.80. The lowest BCUT2D eigenvalue weighted by Gasteiger charge is -2.25. The van der Waals surface area contributed by atoms with E-state index in [9.17, 15) is 0 Å². The van der Waals surface area contributed by atoms with Gasteiger partial charge in [-0.3, -0.25) is 4.90 Å². The summed E-state index contributed by atoms with van der Waals surface area (Å²) in [6.07, 6.45) is 8.84. The topological polar surface area (TPSA) is 35.5 Å². The summed E-state index contributed by atoms with van der Waals surface area (Å²) in [6.45, 7) is 6.73. The average molecular weight is 238 g/mol. The molecule has 0 spiro atoms. The minimum atomic E-state index is 0.243. The van der Waals surface area contributed by atoms with Crippen LogP contribution in [0.1, 0.15) is 32.1 Å². The Hall–Kier alpha value is -0.380. The third-order valence-electron chi connectivity index (χ3n) is 4.23. The quantitative estimate of drug-likeness (QED) is 0.686. The predicted octanol–water partition coefficient (Wildman–Crippen LogP) is 1.39. The van der Waals surface area contributed by atoms with Crippen LogP contribution in [-0.4, -0.2) is 48.3 Å². The van der Waals surface area contributed by atoms with E-state index in [0.717, 1.165) is 31.6 Å². The zero-order valence-electron chi connectivity index (χ0n) is 10.8. The molecule has 2 N–H and O–H groups in total. The SMILES string of the molecule is C=CCN(CCO)CC1CC2CCCCC2N1. The van der Waals surface area contributed by atoms with Gasteiger partial charge in [0.1, 0.15) is 0 Å². The molecule has 1 saturated carbocycles. The van der Waals surface area contributed by atoms with E-state index in [1.807, 2.05) is 6.08 Å². The summed E-state index contributed by atoms with van der Waals surface area (Å²) < 4.78 is 0. The van der Waals surface area contributed by atoms with Crippen LogP contribution in [0.3, 0.4) is 0 Å². The summed E-state index contributed by atoms with van der Waals surface area (Å²) in [5.41, 5.74) is 0. The fourth-order valence-electron chi connectivity index (χ4n) is 3.47. The van der Waals surface area contributed by atoms with Crippen molar-refractivity contribution >= 4 is 0 Å².